The molecule has 0 radical (unpaired) electrons. The van der Waals surface area contributed by atoms with Gasteiger partial charge in [-0.3, -0.25) is 0 Å². The zero-order valence-electron chi connectivity index (χ0n) is 16.9. The summed E-state index contributed by atoms with van der Waals surface area (Å²) in [7, 11) is -2.25. The molecule has 24 heavy (non-hydrogen) atoms. The summed E-state index contributed by atoms with van der Waals surface area (Å²) in [4.78, 5) is 14.4. The summed E-state index contributed by atoms with van der Waals surface area (Å²) in [5.41, 5.74) is 0. The molecule has 0 N–H and O–H groups in total. The average molecular weight is 378 g/mol. The molecular weight excluding hydrogens is 338 g/mol. The molecular formula is C17H39NO4Si2. The molecule has 0 aliphatic heterocycles. The van der Waals surface area contributed by atoms with E-state index in [9.17, 15) is 4.79 Å². The van der Waals surface area contributed by atoms with E-state index in [1.165, 1.54) is 0 Å². The molecule has 1 amide bonds. The largest absolute Gasteiger partial charge is 0.503 e. The molecule has 0 saturated carbocycles. The van der Waals surface area contributed by atoms with E-state index in [-0.39, 0.29) is 6.09 Å². The molecule has 0 fully saturated rings. The second-order valence-electron chi connectivity index (χ2n) is 6.48. The number of carbonyl (C=O) groups excluding carboxylic acids is 1. The molecule has 0 aliphatic carbocycles. The van der Waals surface area contributed by atoms with Crippen molar-refractivity contribution in [3.05, 3.63) is 0 Å². The van der Waals surface area contributed by atoms with E-state index in [4.69, 9.17) is 13.3 Å². The van der Waals surface area contributed by atoms with Crippen LogP contribution in [0.15, 0.2) is 0 Å². The highest BCUT2D eigenvalue weighted by Crippen LogP contribution is 2.23. The van der Waals surface area contributed by atoms with Crippen LogP contribution < -0.4 is 0 Å². The van der Waals surface area contributed by atoms with Crippen LogP contribution in [0.2, 0.25) is 30.7 Å². The predicted molar refractivity (Wildman–Crippen MR) is 105 cm³/mol. The molecule has 0 aromatic rings. The van der Waals surface area contributed by atoms with Gasteiger partial charge in [0, 0.05) is 26.8 Å². The highest BCUT2D eigenvalue weighted by Gasteiger charge is 2.35. The Bertz CT molecular complexity index is 345. The van der Waals surface area contributed by atoms with Crippen LogP contribution in [0.1, 0.15) is 47.5 Å². The van der Waals surface area contributed by atoms with Crippen molar-refractivity contribution in [3.63, 3.8) is 0 Å². The molecule has 0 rings (SSSR count). The van der Waals surface area contributed by atoms with E-state index in [0.29, 0.717) is 13.1 Å². The molecule has 0 aromatic heterocycles. The molecule has 0 bridgehead atoms. The van der Waals surface area contributed by atoms with Gasteiger partial charge in [0.25, 0.3) is 8.32 Å². The maximum Gasteiger partial charge on any atom is 0.396 e. The van der Waals surface area contributed by atoms with E-state index in [0.717, 1.165) is 43.6 Å². The van der Waals surface area contributed by atoms with Gasteiger partial charge in [-0.05, 0) is 50.5 Å². The van der Waals surface area contributed by atoms with E-state index in [1.54, 1.807) is 7.11 Å². The lowest BCUT2D eigenvalue weighted by Gasteiger charge is -2.32. The lowest BCUT2D eigenvalue weighted by molar-refractivity contribution is 0.149. The van der Waals surface area contributed by atoms with Crippen molar-refractivity contribution in [3.8, 4) is 0 Å². The monoisotopic (exact) mass is 377 g/mol. The fraction of sp³-hybridized carbons (Fsp3) is 0.941. The Morgan fingerprint density at radius 2 is 1.62 bits per heavy atom. The fourth-order valence-electron chi connectivity index (χ4n) is 2.74. The first-order chi connectivity index (χ1) is 11.4. The molecule has 144 valence electrons. The minimum absolute atomic E-state index is 0.134. The second-order valence-corrected chi connectivity index (χ2v) is 14.6. The Hall–Kier alpha value is -0.376. The fourth-order valence-corrected chi connectivity index (χ4v) is 7.07. The quantitative estimate of drug-likeness (QED) is 0.424. The van der Waals surface area contributed by atoms with Crippen molar-refractivity contribution in [1.29, 1.82) is 0 Å². The molecule has 0 aliphatic rings. The van der Waals surface area contributed by atoms with E-state index < -0.39 is 16.9 Å². The summed E-state index contributed by atoms with van der Waals surface area (Å²) in [6.45, 7) is 14.8. The van der Waals surface area contributed by atoms with Crippen molar-refractivity contribution >= 4 is 23.0 Å². The molecule has 0 aromatic carbocycles. The van der Waals surface area contributed by atoms with Gasteiger partial charge in [-0.2, -0.15) is 0 Å². The first-order valence-electron chi connectivity index (χ1n) is 9.52. The van der Waals surface area contributed by atoms with Gasteiger partial charge in [-0.15, -0.1) is 0 Å². The standard InChI is InChI=1S/C17H39NO4Si2/c1-8-15-21-23(7,20-6)16-13-14-18(9-2)17(19)22-24(10-3,11-4)12-5/h8-16H2,1-7H3. The van der Waals surface area contributed by atoms with Gasteiger partial charge in [0.1, 0.15) is 0 Å². The van der Waals surface area contributed by atoms with E-state index in [2.05, 4.69) is 34.2 Å². The van der Waals surface area contributed by atoms with Crippen molar-refractivity contribution in [2.45, 2.75) is 78.2 Å². The van der Waals surface area contributed by atoms with Crippen LogP contribution in [0.4, 0.5) is 4.79 Å². The Labute approximate surface area is 151 Å². The van der Waals surface area contributed by atoms with E-state index in [1.807, 2.05) is 11.8 Å². The average Bonchev–Trinajstić information content (AvgIpc) is 2.61. The summed E-state index contributed by atoms with van der Waals surface area (Å²) in [5.74, 6) is 0. The van der Waals surface area contributed by atoms with Gasteiger partial charge < -0.3 is 18.2 Å². The third-order valence-corrected chi connectivity index (χ3v) is 12.4. The Morgan fingerprint density at radius 3 is 2.04 bits per heavy atom. The van der Waals surface area contributed by atoms with Gasteiger partial charge in [0.2, 0.25) is 0 Å². The minimum atomic E-state index is -2.10. The van der Waals surface area contributed by atoms with Gasteiger partial charge in [0.05, 0.1) is 0 Å². The molecule has 0 spiro atoms. The predicted octanol–water partition coefficient (Wildman–Crippen LogP) is 4.99. The van der Waals surface area contributed by atoms with Crippen LogP contribution in [0.25, 0.3) is 0 Å². The molecule has 1 unspecified atom stereocenters. The van der Waals surface area contributed by atoms with Crippen molar-refractivity contribution in [1.82, 2.24) is 4.90 Å². The summed E-state index contributed by atoms with van der Waals surface area (Å²) in [6.07, 6.45) is 1.75. The zero-order chi connectivity index (χ0) is 18.6. The van der Waals surface area contributed by atoms with Crippen LogP contribution in [0, 0.1) is 0 Å². The Morgan fingerprint density at radius 1 is 1.04 bits per heavy atom. The zero-order valence-corrected chi connectivity index (χ0v) is 18.9. The smallest absolute Gasteiger partial charge is 0.396 e. The number of amides is 1. The number of carbonyl (C=O) groups is 1. The molecule has 0 saturated heterocycles. The van der Waals surface area contributed by atoms with Crippen LogP contribution in [0.5, 0.6) is 0 Å². The number of nitrogens with zero attached hydrogens (tertiary/aromatic N) is 1. The maximum atomic E-state index is 12.6. The van der Waals surface area contributed by atoms with Crippen LogP contribution in [-0.4, -0.2) is 54.7 Å². The summed E-state index contributed by atoms with van der Waals surface area (Å²) in [6, 6.07) is 3.86. The third-order valence-electron chi connectivity index (χ3n) is 4.98. The van der Waals surface area contributed by atoms with Crippen molar-refractivity contribution in [2.24, 2.45) is 0 Å². The number of hydrogen-bond donors (Lipinski definition) is 0. The summed E-state index contributed by atoms with van der Waals surface area (Å²) >= 11 is 0. The normalized spacial score (nSPS) is 14.3. The summed E-state index contributed by atoms with van der Waals surface area (Å²) in [5, 5.41) is 0. The van der Waals surface area contributed by atoms with Crippen molar-refractivity contribution in [2.75, 3.05) is 26.8 Å². The molecule has 5 nitrogen and oxygen atoms in total. The summed E-state index contributed by atoms with van der Waals surface area (Å²) < 4.78 is 17.6. The molecule has 1 atom stereocenters. The van der Waals surface area contributed by atoms with Crippen molar-refractivity contribution < 1.29 is 18.1 Å². The first-order valence-corrected chi connectivity index (χ1v) is 14.6. The van der Waals surface area contributed by atoms with Gasteiger partial charge in [-0.25, -0.2) is 4.79 Å². The minimum Gasteiger partial charge on any atom is -0.503 e. The van der Waals surface area contributed by atoms with Gasteiger partial charge in [-0.1, -0.05) is 27.7 Å². The molecule has 7 heteroatoms. The van der Waals surface area contributed by atoms with Crippen LogP contribution >= 0.6 is 0 Å². The first kappa shape index (κ1) is 23.6. The van der Waals surface area contributed by atoms with Crippen LogP contribution in [-0.2, 0) is 13.3 Å². The van der Waals surface area contributed by atoms with Gasteiger partial charge >= 0.3 is 14.7 Å². The molecule has 0 heterocycles. The maximum absolute atomic E-state index is 12.6. The number of hydrogen-bond acceptors (Lipinski definition) is 4. The van der Waals surface area contributed by atoms with Gasteiger partial charge in [0.15, 0.2) is 0 Å². The Balaban J connectivity index is 4.57. The lowest BCUT2D eigenvalue weighted by atomic mass is 10.4. The van der Waals surface area contributed by atoms with Crippen LogP contribution in [0.3, 0.4) is 0 Å². The van der Waals surface area contributed by atoms with E-state index >= 15 is 0 Å². The highest BCUT2D eigenvalue weighted by atomic mass is 28.4. The Kier molecular flexibility index (Phi) is 11.9. The lowest BCUT2D eigenvalue weighted by Crippen LogP contribution is -2.44. The number of rotatable bonds is 13. The highest BCUT2D eigenvalue weighted by molar-refractivity contribution is 6.74. The topological polar surface area (TPSA) is 48.0 Å². The third kappa shape index (κ3) is 7.67. The second kappa shape index (κ2) is 12.1. The SMILES string of the molecule is CCCO[Si](C)(CCCN(CC)C(=O)O[Si](CC)(CC)CC)OC.